The highest BCUT2D eigenvalue weighted by Crippen LogP contribution is 2.15. The summed E-state index contributed by atoms with van der Waals surface area (Å²) in [6, 6.07) is 0.726. The fraction of sp³-hybridized carbons (Fsp3) is 0.941. The molecule has 0 radical (unpaired) electrons. The van der Waals surface area contributed by atoms with Gasteiger partial charge in [-0.2, -0.15) is 0 Å². The second-order valence-corrected chi connectivity index (χ2v) is 6.63. The van der Waals surface area contributed by atoms with Crippen LogP contribution in [0.2, 0.25) is 0 Å². The maximum atomic E-state index is 5.58. The van der Waals surface area contributed by atoms with Crippen LogP contribution in [-0.4, -0.2) is 63.3 Å². The van der Waals surface area contributed by atoms with Gasteiger partial charge in [0.25, 0.3) is 0 Å². The first-order valence-electron chi connectivity index (χ1n) is 8.89. The third kappa shape index (κ3) is 8.59. The quantitative estimate of drug-likeness (QED) is 0.389. The number of ether oxygens (including phenoxy) is 1. The smallest absolute Gasteiger partial charge is 0.191 e. The number of likely N-dealkylation sites (tertiary alicyclic amines) is 1. The molecule has 1 atom stereocenters. The normalized spacial score (nSPS) is 20.4. The summed E-state index contributed by atoms with van der Waals surface area (Å²) in [7, 11) is 1.83. The molecule has 0 aliphatic carbocycles. The molecule has 1 unspecified atom stereocenters. The lowest BCUT2D eigenvalue weighted by Gasteiger charge is -2.33. The van der Waals surface area contributed by atoms with Crippen molar-refractivity contribution in [1.29, 1.82) is 0 Å². The van der Waals surface area contributed by atoms with Gasteiger partial charge in [0.15, 0.2) is 5.96 Å². The minimum Gasteiger partial charge on any atom is -0.381 e. The zero-order chi connectivity index (χ0) is 16.2. The van der Waals surface area contributed by atoms with E-state index in [1.165, 1.54) is 25.8 Å². The molecule has 1 rings (SSSR count). The first-order chi connectivity index (χ1) is 10.6. The summed E-state index contributed by atoms with van der Waals surface area (Å²) >= 11 is 0. The number of aliphatic imine (C=N–C) groups is 1. The van der Waals surface area contributed by atoms with Crippen molar-refractivity contribution in [1.82, 2.24) is 15.5 Å². The molecule has 1 fully saturated rings. The van der Waals surface area contributed by atoms with Gasteiger partial charge in [-0.1, -0.05) is 20.3 Å². The van der Waals surface area contributed by atoms with Gasteiger partial charge in [-0.3, -0.25) is 9.89 Å². The molecular formula is C17H36N4O. The van der Waals surface area contributed by atoms with Crippen LogP contribution in [0.25, 0.3) is 0 Å². The predicted octanol–water partition coefficient (Wildman–Crippen LogP) is 2.09. The highest BCUT2D eigenvalue weighted by Gasteiger charge is 2.17. The molecule has 1 saturated heterocycles. The summed E-state index contributed by atoms with van der Waals surface area (Å²) < 4.78 is 5.58. The van der Waals surface area contributed by atoms with Crippen LogP contribution in [0.3, 0.4) is 0 Å². The second kappa shape index (κ2) is 11.7. The molecule has 1 aliphatic rings. The van der Waals surface area contributed by atoms with Gasteiger partial charge in [-0.15, -0.1) is 0 Å². The van der Waals surface area contributed by atoms with Crippen LogP contribution in [-0.2, 0) is 4.74 Å². The monoisotopic (exact) mass is 312 g/mol. The van der Waals surface area contributed by atoms with Gasteiger partial charge < -0.3 is 15.4 Å². The average molecular weight is 313 g/mol. The molecule has 130 valence electrons. The lowest BCUT2D eigenvalue weighted by Crippen LogP contribution is -2.45. The fourth-order valence-electron chi connectivity index (χ4n) is 2.73. The van der Waals surface area contributed by atoms with E-state index in [1.54, 1.807) is 0 Å². The largest absolute Gasteiger partial charge is 0.381 e. The Hall–Kier alpha value is -0.810. The van der Waals surface area contributed by atoms with Gasteiger partial charge in [0.2, 0.25) is 0 Å². The summed E-state index contributed by atoms with van der Waals surface area (Å²) in [5, 5.41) is 6.75. The van der Waals surface area contributed by atoms with Crippen molar-refractivity contribution in [2.45, 2.75) is 52.5 Å². The first kappa shape index (κ1) is 19.2. The van der Waals surface area contributed by atoms with Crippen molar-refractivity contribution >= 4 is 5.96 Å². The molecule has 0 aromatic heterocycles. The lowest BCUT2D eigenvalue weighted by molar-refractivity contribution is 0.108. The molecule has 1 aliphatic heterocycles. The van der Waals surface area contributed by atoms with Crippen LogP contribution in [0.4, 0.5) is 0 Å². The van der Waals surface area contributed by atoms with Gasteiger partial charge in [-0.05, 0) is 38.6 Å². The van der Waals surface area contributed by atoms with Crippen molar-refractivity contribution < 1.29 is 4.74 Å². The molecule has 1 heterocycles. The number of rotatable bonds is 9. The molecule has 0 aromatic carbocycles. The maximum absolute atomic E-state index is 5.58. The Balaban J connectivity index is 2.04. The minimum atomic E-state index is 0.611. The van der Waals surface area contributed by atoms with E-state index in [0.717, 1.165) is 51.3 Å². The highest BCUT2D eigenvalue weighted by molar-refractivity contribution is 5.79. The van der Waals surface area contributed by atoms with E-state index in [9.17, 15) is 0 Å². The Morgan fingerprint density at radius 3 is 2.73 bits per heavy atom. The van der Waals surface area contributed by atoms with Gasteiger partial charge in [0, 0.05) is 45.9 Å². The Morgan fingerprint density at radius 2 is 2.05 bits per heavy atom. The highest BCUT2D eigenvalue weighted by atomic mass is 16.5. The van der Waals surface area contributed by atoms with E-state index in [2.05, 4.69) is 41.3 Å². The molecule has 5 heteroatoms. The molecule has 5 nitrogen and oxygen atoms in total. The zero-order valence-electron chi connectivity index (χ0n) is 15.0. The first-order valence-corrected chi connectivity index (χ1v) is 8.89. The predicted molar refractivity (Wildman–Crippen MR) is 94.5 cm³/mol. The topological polar surface area (TPSA) is 48.9 Å². The van der Waals surface area contributed by atoms with E-state index >= 15 is 0 Å². The summed E-state index contributed by atoms with van der Waals surface area (Å²) in [6.07, 6.45) is 5.07. The van der Waals surface area contributed by atoms with Crippen molar-refractivity contribution in [3.63, 3.8) is 0 Å². The third-order valence-electron chi connectivity index (χ3n) is 4.06. The molecule has 2 N–H and O–H groups in total. The van der Waals surface area contributed by atoms with E-state index < -0.39 is 0 Å². The van der Waals surface area contributed by atoms with Crippen LogP contribution < -0.4 is 10.6 Å². The maximum Gasteiger partial charge on any atom is 0.191 e. The Kier molecular flexibility index (Phi) is 10.2. The molecule has 0 aromatic rings. The fourth-order valence-corrected chi connectivity index (χ4v) is 2.73. The molecule has 0 amide bonds. The van der Waals surface area contributed by atoms with Gasteiger partial charge in [-0.25, -0.2) is 0 Å². The van der Waals surface area contributed by atoms with Crippen LogP contribution in [0.15, 0.2) is 4.99 Å². The standard InChI is InChI=1S/C17H36N4O/c1-15(2)14-22-13-7-9-19-17(18-4)20-10-12-21-11-6-5-8-16(21)3/h15-16H,5-14H2,1-4H3,(H2,18,19,20). The van der Waals surface area contributed by atoms with Gasteiger partial charge in [0.05, 0.1) is 0 Å². The summed E-state index contributed by atoms with van der Waals surface area (Å²) in [4.78, 5) is 6.84. The van der Waals surface area contributed by atoms with Gasteiger partial charge >= 0.3 is 0 Å². The average Bonchev–Trinajstić information content (AvgIpc) is 2.50. The van der Waals surface area contributed by atoms with Crippen LogP contribution in [0.1, 0.15) is 46.5 Å². The molecule has 22 heavy (non-hydrogen) atoms. The molecule has 0 bridgehead atoms. The summed E-state index contributed by atoms with van der Waals surface area (Å²) in [5.74, 6) is 1.51. The third-order valence-corrected chi connectivity index (χ3v) is 4.06. The number of nitrogens with zero attached hydrogens (tertiary/aromatic N) is 2. The minimum absolute atomic E-state index is 0.611. The second-order valence-electron chi connectivity index (χ2n) is 6.63. The number of nitrogens with one attached hydrogen (secondary N) is 2. The van der Waals surface area contributed by atoms with E-state index in [-0.39, 0.29) is 0 Å². The van der Waals surface area contributed by atoms with Crippen molar-refractivity contribution in [2.24, 2.45) is 10.9 Å². The Morgan fingerprint density at radius 1 is 1.27 bits per heavy atom. The van der Waals surface area contributed by atoms with E-state index in [0.29, 0.717) is 5.92 Å². The molecular weight excluding hydrogens is 276 g/mol. The SMILES string of the molecule is CN=C(NCCCOCC(C)C)NCCN1CCCCC1C. The van der Waals surface area contributed by atoms with E-state index in [4.69, 9.17) is 4.74 Å². The van der Waals surface area contributed by atoms with Crippen LogP contribution >= 0.6 is 0 Å². The molecule has 0 spiro atoms. The number of piperidine rings is 1. The Labute approximate surface area is 136 Å². The van der Waals surface area contributed by atoms with Crippen molar-refractivity contribution in [3.05, 3.63) is 0 Å². The van der Waals surface area contributed by atoms with Crippen LogP contribution in [0, 0.1) is 5.92 Å². The number of hydrogen-bond acceptors (Lipinski definition) is 3. The molecule has 0 saturated carbocycles. The van der Waals surface area contributed by atoms with E-state index in [1.807, 2.05) is 7.05 Å². The zero-order valence-corrected chi connectivity index (χ0v) is 15.0. The van der Waals surface area contributed by atoms with Gasteiger partial charge in [0.1, 0.15) is 0 Å². The number of hydrogen-bond donors (Lipinski definition) is 2. The van der Waals surface area contributed by atoms with Crippen molar-refractivity contribution in [2.75, 3.05) is 46.4 Å². The summed E-state index contributed by atoms with van der Waals surface area (Å²) in [5.41, 5.74) is 0. The lowest BCUT2D eigenvalue weighted by atomic mass is 10.0. The summed E-state index contributed by atoms with van der Waals surface area (Å²) in [6.45, 7) is 12.5. The number of guanidine groups is 1. The van der Waals surface area contributed by atoms with Crippen LogP contribution in [0.5, 0.6) is 0 Å². The van der Waals surface area contributed by atoms with Crippen molar-refractivity contribution in [3.8, 4) is 0 Å². The Bertz CT molecular complexity index is 307.